The Bertz CT molecular complexity index is 989. The van der Waals surface area contributed by atoms with Gasteiger partial charge in [-0.15, -0.1) is 0 Å². The number of benzene rings is 3. The summed E-state index contributed by atoms with van der Waals surface area (Å²) in [6, 6.07) is 20.0. The highest BCUT2D eigenvalue weighted by Crippen LogP contribution is 2.31. The van der Waals surface area contributed by atoms with Gasteiger partial charge in [-0.1, -0.05) is 41.4 Å². The number of anilines is 1. The molecule has 0 aliphatic heterocycles. The fourth-order valence-electron chi connectivity index (χ4n) is 2.77. The van der Waals surface area contributed by atoms with Gasteiger partial charge in [0.15, 0.2) is 11.5 Å². The van der Waals surface area contributed by atoms with E-state index in [4.69, 9.17) is 14.2 Å². The topological polar surface area (TPSA) is 56.8 Å². The molecule has 0 aliphatic carbocycles. The Balaban J connectivity index is 1.69. The highest BCUT2D eigenvalue weighted by molar-refractivity contribution is 9.10. The summed E-state index contributed by atoms with van der Waals surface area (Å²) in [5.74, 6) is 2.25. The van der Waals surface area contributed by atoms with Crippen LogP contribution in [-0.4, -0.2) is 19.6 Å². The number of hydrogen-bond acceptors (Lipinski definition) is 4. The van der Waals surface area contributed by atoms with Gasteiger partial charge in [-0.2, -0.15) is 0 Å². The molecule has 0 heterocycles. The Kier molecular flexibility index (Phi) is 7.74. The molecule has 1 amide bonds. The highest BCUT2D eigenvalue weighted by Gasteiger charge is 2.14. The summed E-state index contributed by atoms with van der Waals surface area (Å²) in [6.45, 7) is 2.67. The summed E-state index contributed by atoms with van der Waals surface area (Å²) >= 11 is 3.42. The van der Waals surface area contributed by atoms with Crippen LogP contribution < -0.4 is 19.5 Å². The first-order valence-electron chi connectivity index (χ1n) is 9.75. The Hall–Kier alpha value is -2.99. The van der Waals surface area contributed by atoms with E-state index in [9.17, 15) is 4.79 Å². The maximum Gasteiger partial charge on any atom is 0.259 e. The van der Waals surface area contributed by atoms with Crippen molar-refractivity contribution in [2.75, 3.05) is 19.0 Å². The monoisotopic (exact) mass is 469 g/mol. The predicted octanol–water partition coefficient (Wildman–Crippen LogP) is 6.68. The van der Waals surface area contributed by atoms with Gasteiger partial charge in [0.2, 0.25) is 0 Å². The summed E-state index contributed by atoms with van der Waals surface area (Å²) in [5, 5.41) is 2.91. The van der Waals surface area contributed by atoms with Crippen molar-refractivity contribution in [2.24, 2.45) is 0 Å². The fourth-order valence-corrected chi connectivity index (χ4v) is 3.13. The van der Waals surface area contributed by atoms with Crippen LogP contribution in [0.15, 0.2) is 71.2 Å². The van der Waals surface area contributed by atoms with Crippen LogP contribution in [0.4, 0.5) is 5.69 Å². The van der Waals surface area contributed by atoms with E-state index in [-0.39, 0.29) is 5.91 Å². The maximum atomic E-state index is 12.8. The third kappa shape index (κ3) is 5.76. The number of methoxy groups -OCH3 is 1. The van der Waals surface area contributed by atoms with Crippen molar-refractivity contribution >= 4 is 27.5 Å². The molecule has 156 valence electrons. The number of amides is 1. The number of para-hydroxylation sites is 2. The summed E-state index contributed by atoms with van der Waals surface area (Å²) in [5.41, 5.74) is 1.14. The Morgan fingerprint density at radius 2 is 1.70 bits per heavy atom. The van der Waals surface area contributed by atoms with Crippen molar-refractivity contribution in [3.8, 4) is 23.0 Å². The molecule has 1 N–H and O–H groups in total. The average molecular weight is 470 g/mol. The van der Waals surface area contributed by atoms with E-state index < -0.39 is 0 Å². The van der Waals surface area contributed by atoms with Crippen LogP contribution in [-0.2, 0) is 0 Å². The second kappa shape index (κ2) is 10.7. The van der Waals surface area contributed by atoms with Crippen molar-refractivity contribution < 1.29 is 19.0 Å². The minimum atomic E-state index is -0.235. The zero-order chi connectivity index (χ0) is 21.3. The number of ether oxygens (including phenoxy) is 3. The van der Waals surface area contributed by atoms with Gasteiger partial charge in [-0.3, -0.25) is 4.79 Å². The van der Waals surface area contributed by atoms with Gasteiger partial charge in [-0.25, -0.2) is 0 Å². The predicted molar refractivity (Wildman–Crippen MR) is 122 cm³/mol. The van der Waals surface area contributed by atoms with Crippen LogP contribution in [0.1, 0.15) is 30.1 Å². The van der Waals surface area contributed by atoms with Crippen molar-refractivity contribution in [3.05, 3.63) is 76.8 Å². The van der Waals surface area contributed by atoms with Gasteiger partial charge < -0.3 is 19.5 Å². The van der Waals surface area contributed by atoms with Crippen LogP contribution in [0.2, 0.25) is 0 Å². The molecule has 0 bridgehead atoms. The molecular formula is C24H24BrNO4. The standard InChI is InChI=1S/C24H24BrNO4/c1-3-4-15-29-21-14-9-17(25)16-20(21)24(27)26-18-10-12-19(13-11-18)30-23-8-6-5-7-22(23)28-2/h5-14,16H,3-4,15H2,1-2H3,(H,26,27). The SMILES string of the molecule is CCCCOc1ccc(Br)cc1C(=O)Nc1ccc(Oc2ccccc2OC)cc1. The Morgan fingerprint density at radius 3 is 2.40 bits per heavy atom. The number of rotatable bonds is 9. The van der Waals surface area contributed by atoms with Crippen molar-refractivity contribution in [2.45, 2.75) is 19.8 Å². The molecule has 0 saturated carbocycles. The van der Waals surface area contributed by atoms with Crippen LogP contribution in [0.25, 0.3) is 0 Å². The molecule has 0 radical (unpaired) electrons. The van der Waals surface area contributed by atoms with Gasteiger partial charge in [0, 0.05) is 10.2 Å². The normalized spacial score (nSPS) is 10.4. The Labute approximate surface area is 185 Å². The van der Waals surface area contributed by atoms with Crippen molar-refractivity contribution in [1.29, 1.82) is 0 Å². The van der Waals surface area contributed by atoms with Gasteiger partial charge in [0.1, 0.15) is 11.5 Å². The largest absolute Gasteiger partial charge is 0.493 e. The van der Waals surface area contributed by atoms with E-state index in [0.29, 0.717) is 40.9 Å². The molecule has 3 aromatic rings. The highest BCUT2D eigenvalue weighted by atomic mass is 79.9. The lowest BCUT2D eigenvalue weighted by Crippen LogP contribution is -2.14. The molecule has 3 aromatic carbocycles. The maximum absolute atomic E-state index is 12.8. The molecular weight excluding hydrogens is 446 g/mol. The van der Waals surface area contributed by atoms with Crippen LogP contribution in [0.3, 0.4) is 0 Å². The van der Waals surface area contributed by atoms with Crippen LogP contribution in [0, 0.1) is 0 Å². The van der Waals surface area contributed by atoms with E-state index in [1.54, 1.807) is 43.5 Å². The number of carbonyl (C=O) groups excluding carboxylic acids is 1. The van der Waals surface area contributed by atoms with E-state index in [1.165, 1.54) is 0 Å². The molecule has 0 aliphatic rings. The van der Waals surface area contributed by atoms with E-state index >= 15 is 0 Å². The average Bonchev–Trinajstić information content (AvgIpc) is 2.76. The van der Waals surface area contributed by atoms with E-state index in [1.807, 2.05) is 30.3 Å². The summed E-state index contributed by atoms with van der Waals surface area (Å²) in [6.07, 6.45) is 1.96. The quantitative estimate of drug-likeness (QED) is 0.355. The lowest BCUT2D eigenvalue weighted by molar-refractivity contribution is 0.102. The Morgan fingerprint density at radius 1 is 0.967 bits per heavy atom. The zero-order valence-corrected chi connectivity index (χ0v) is 18.6. The number of carbonyl (C=O) groups is 1. The van der Waals surface area contributed by atoms with Gasteiger partial charge in [0.25, 0.3) is 5.91 Å². The third-order valence-corrected chi connectivity index (χ3v) is 4.84. The lowest BCUT2D eigenvalue weighted by Gasteiger charge is -2.13. The fraction of sp³-hybridized carbons (Fsp3) is 0.208. The molecule has 6 heteroatoms. The number of halogens is 1. The first kappa shape index (κ1) is 21.7. The van der Waals surface area contributed by atoms with Gasteiger partial charge >= 0.3 is 0 Å². The number of hydrogen-bond donors (Lipinski definition) is 1. The summed E-state index contributed by atoms with van der Waals surface area (Å²) < 4.78 is 17.8. The smallest absolute Gasteiger partial charge is 0.259 e. The van der Waals surface area contributed by atoms with E-state index in [2.05, 4.69) is 28.2 Å². The molecule has 3 rings (SSSR count). The van der Waals surface area contributed by atoms with Crippen molar-refractivity contribution in [3.63, 3.8) is 0 Å². The number of nitrogens with one attached hydrogen (secondary N) is 1. The molecule has 0 unspecified atom stereocenters. The molecule has 0 spiro atoms. The molecule has 0 fully saturated rings. The first-order valence-corrected chi connectivity index (χ1v) is 10.5. The lowest BCUT2D eigenvalue weighted by atomic mass is 10.1. The first-order chi connectivity index (χ1) is 14.6. The van der Waals surface area contributed by atoms with Crippen LogP contribution in [0.5, 0.6) is 23.0 Å². The van der Waals surface area contributed by atoms with Crippen molar-refractivity contribution in [1.82, 2.24) is 0 Å². The summed E-state index contributed by atoms with van der Waals surface area (Å²) in [7, 11) is 1.60. The van der Waals surface area contributed by atoms with E-state index in [0.717, 1.165) is 17.3 Å². The number of unbranched alkanes of at least 4 members (excludes halogenated alkanes) is 1. The molecule has 30 heavy (non-hydrogen) atoms. The van der Waals surface area contributed by atoms with Crippen LogP contribution >= 0.6 is 15.9 Å². The minimum Gasteiger partial charge on any atom is -0.493 e. The third-order valence-electron chi connectivity index (χ3n) is 4.35. The second-order valence-corrected chi connectivity index (χ2v) is 7.49. The molecule has 0 saturated heterocycles. The minimum absolute atomic E-state index is 0.235. The molecule has 5 nitrogen and oxygen atoms in total. The summed E-state index contributed by atoms with van der Waals surface area (Å²) in [4.78, 5) is 12.8. The zero-order valence-electron chi connectivity index (χ0n) is 17.0. The molecule has 0 atom stereocenters. The second-order valence-electron chi connectivity index (χ2n) is 6.57. The molecule has 0 aromatic heterocycles. The van der Waals surface area contributed by atoms with Gasteiger partial charge in [-0.05, 0) is 61.0 Å². The van der Waals surface area contributed by atoms with Gasteiger partial charge in [0.05, 0.1) is 19.3 Å².